The van der Waals surface area contributed by atoms with E-state index in [0.29, 0.717) is 16.7 Å². The van der Waals surface area contributed by atoms with Crippen molar-refractivity contribution in [3.05, 3.63) is 65.7 Å². The molecule has 1 heterocycles. The Kier molecular flexibility index (Phi) is 7.33. The molecule has 0 aliphatic rings. The van der Waals surface area contributed by atoms with Gasteiger partial charge in [0, 0.05) is 11.7 Å². The third-order valence-electron chi connectivity index (χ3n) is 4.63. The van der Waals surface area contributed by atoms with Crippen molar-refractivity contribution in [2.24, 2.45) is 0 Å². The second-order valence-corrected chi connectivity index (χ2v) is 8.95. The van der Waals surface area contributed by atoms with E-state index in [-0.39, 0.29) is 23.0 Å². The molecule has 0 fully saturated rings. The average Bonchev–Trinajstić information content (AvgIpc) is 3.13. The van der Waals surface area contributed by atoms with Gasteiger partial charge in [0.1, 0.15) is 11.6 Å². The van der Waals surface area contributed by atoms with Crippen molar-refractivity contribution in [2.75, 3.05) is 5.32 Å². The molecule has 2 aromatic carbocycles. The van der Waals surface area contributed by atoms with Crippen LogP contribution in [-0.2, 0) is 4.79 Å². The SMILES string of the molecule is Cc1cccc(NC(=O)C(C)Sc2nnc(C(C)Oc3ccc(F)cc3)n2C(C)C)c1. The Balaban J connectivity index is 1.73. The fourth-order valence-electron chi connectivity index (χ4n) is 3.08. The van der Waals surface area contributed by atoms with Crippen LogP contribution in [0.5, 0.6) is 5.75 Å². The molecule has 0 spiro atoms. The number of rotatable bonds is 8. The standard InChI is InChI=1S/C23H27FN4O2S/c1-14(2)28-21(16(4)30-20-11-9-18(24)10-12-20)26-27-23(28)31-17(5)22(29)25-19-8-6-7-15(3)13-19/h6-14,16-17H,1-5H3,(H,25,29). The molecular weight excluding hydrogens is 415 g/mol. The highest BCUT2D eigenvalue weighted by molar-refractivity contribution is 8.00. The predicted octanol–water partition coefficient (Wildman–Crippen LogP) is 5.57. The van der Waals surface area contributed by atoms with E-state index < -0.39 is 6.10 Å². The molecular formula is C23H27FN4O2S. The van der Waals surface area contributed by atoms with Gasteiger partial charge in [0.15, 0.2) is 17.1 Å². The van der Waals surface area contributed by atoms with Gasteiger partial charge in [-0.15, -0.1) is 10.2 Å². The Morgan fingerprint density at radius 1 is 1.10 bits per heavy atom. The largest absolute Gasteiger partial charge is 0.483 e. The van der Waals surface area contributed by atoms with Crippen LogP contribution in [0.4, 0.5) is 10.1 Å². The number of hydrogen-bond acceptors (Lipinski definition) is 5. The first-order valence-electron chi connectivity index (χ1n) is 10.2. The van der Waals surface area contributed by atoms with Gasteiger partial charge in [-0.1, -0.05) is 23.9 Å². The van der Waals surface area contributed by atoms with Crippen LogP contribution < -0.4 is 10.1 Å². The fourth-order valence-corrected chi connectivity index (χ4v) is 4.07. The second kappa shape index (κ2) is 9.96. The molecule has 0 saturated carbocycles. The molecule has 0 radical (unpaired) electrons. The quantitative estimate of drug-likeness (QED) is 0.462. The van der Waals surface area contributed by atoms with Crippen molar-refractivity contribution in [1.29, 1.82) is 0 Å². The van der Waals surface area contributed by atoms with Crippen LogP contribution in [0.2, 0.25) is 0 Å². The summed E-state index contributed by atoms with van der Waals surface area (Å²) in [6.07, 6.45) is -0.397. The van der Waals surface area contributed by atoms with E-state index in [1.807, 2.05) is 63.5 Å². The zero-order valence-corrected chi connectivity index (χ0v) is 19.1. The summed E-state index contributed by atoms with van der Waals surface area (Å²) in [6.45, 7) is 9.75. The number of amides is 1. The van der Waals surface area contributed by atoms with Crippen LogP contribution in [0.25, 0.3) is 0 Å². The number of thioether (sulfide) groups is 1. The summed E-state index contributed by atoms with van der Waals surface area (Å²) >= 11 is 1.35. The molecule has 8 heteroatoms. The zero-order chi connectivity index (χ0) is 22.5. The Morgan fingerprint density at radius 2 is 1.81 bits per heavy atom. The van der Waals surface area contributed by atoms with Crippen LogP contribution in [0, 0.1) is 12.7 Å². The average molecular weight is 443 g/mol. The summed E-state index contributed by atoms with van der Waals surface area (Å²) in [5.41, 5.74) is 1.85. The van der Waals surface area contributed by atoms with Crippen molar-refractivity contribution < 1.29 is 13.9 Å². The number of carbonyl (C=O) groups is 1. The van der Waals surface area contributed by atoms with Crippen LogP contribution in [0.3, 0.4) is 0 Å². The maximum absolute atomic E-state index is 13.1. The van der Waals surface area contributed by atoms with Crippen LogP contribution in [-0.4, -0.2) is 25.9 Å². The predicted molar refractivity (Wildman–Crippen MR) is 121 cm³/mol. The number of halogens is 1. The minimum atomic E-state index is -0.397. The molecule has 2 unspecified atom stereocenters. The molecule has 6 nitrogen and oxygen atoms in total. The molecule has 164 valence electrons. The molecule has 0 bridgehead atoms. The highest BCUT2D eigenvalue weighted by Gasteiger charge is 2.25. The monoisotopic (exact) mass is 442 g/mol. The number of aromatic nitrogens is 3. The van der Waals surface area contributed by atoms with E-state index in [0.717, 1.165) is 11.3 Å². The highest BCUT2D eigenvalue weighted by Crippen LogP contribution is 2.30. The summed E-state index contributed by atoms with van der Waals surface area (Å²) in [4.78, 5) is 12.7. The van der Waals surface area contributed by atoms with E-state index >= 15 is 0 Å². The van der Waals surface area contributed by atoms with E-state index in [9.17, 15) is 9.18 Å². The minimum absolute atomic E-state index is 0.0683. The summed E-state index contributed by atoms with van der Waals surface area (Å²) in [5.74, 6) is 0.772. The molecule has 1 aromatic heterocycles. The fraction of sp³-hybridized carbons (Fsp3) is 0.348. The summed E-state index contributed by atoms with van der Waals surface area (Å²) in [7, 11) is 0. The molecule has 3 rings (SSSR count). The lowest BCUT2D eigenvalue weighted by Gasteiger charge is -2.19. The topological polar surface area (TPSA) is 69.0 Å². The number of benzene rings is 2. The van der Waals surface area contributed by atoms with Gasteiger partial charge in [-0.25, -0.2) is 4.39 Å². The number of nitrogens with one attached hydrogen (secondary N) is 1. The molecule has 31 heavy (non-hydrogen) atoms. The Hall–Kier alpha value is -2.87. The maximum Gasteiger partial charge on any atom is 0.237 e. The van der Waals surface area contributed by atoms with Crippen molar-refractivity contribution >= 4 is 23.4 Å². The van der Waals surface area contributed by atoms with Crippen LogP contribution in [0.15, 0.2) is 53.7 Å². The molecule has 1 amide bonds. The van der Waals surface area contributed by atoms with Gasteiger partial charge < -0.3 is 14.6 Å². The van der Waals surface area contributed by atoms with Gasteiger partial charge in [-0.3, -0.25) is 4.79 Å². The van der Waals surface area contributed by atoms with E-state index in [2.05, 4.69) is 15.5 Å². The van der Waals surface area contributed by atoms with Gasteiger partial charge in [0.2, 0.25) is 5.91 Å². The number of aryl methyl sites for hydroxylation is 1. The third kappa shape index (κ3) is 5.85. The maximum atomic E-state index is 13.1. The first kappa shape index (κ1) is 22.8. The Bertz CT molecular complexity index is 1040. The van der Waals surface area contributed by atoms with Gasteiger partial charge in [-0.05, 0) is 76.6 Å². The van der Waals surface area contributed by atoms with E-state index in [1.165, 1.54) is 23.9 Å². The van der Waals surface area contributed by atoms with Crippen LogP contribution >= 0.6 is 11.8 Å². The first-order chi connectivity index (χ1) is 14.7. The van der Waals surface area contributed by atoms with Gasteiger partial charge >= 0.3 is 0 Å². The third-order valence-corrected chi connectivity index (χ3v) is 5.69. The molecule has 2 atom stereocenters. The molecule has 0 saturated heterocycles. The van der Waals surface area contributed by atoms with Gasteiger partial charge in [0.25, 0.3) is 0 Å². The normalized spacial score (nSPS) is 13.1. The van der Waals surface area contributed by atoms with Crippen molar-refractivity contribution in [1.82, 2.24) is 14.8 Å². The first-order valence-corrected chi connectivity index (χ1v) is 11.0. The summed E-state index contributed by atoms with van der Waals surface area (Å²) < 4.78 is 21.0. The van der Waals surface area contributed by atoms with Crippen molar-refractivity contribution in [3.63, 3.8) is 0 Å². The molecule has 0 aliphatic carbocycles. The number of ether oxygens (including phenoxy) is 1. The molecule has 1 N–H and O–H groups in total. The van der Waals surface area contributed by atoms with Crippen LogP contribution in [0.1, 0.15) is 51.2 Å². The number of carbonyl (C=O) groups excluding carboxylic acids is 1. The van der Waals surface area contributed by atoms with Gasteiger partial charge in [0.05, 0.1) is 5.25 Å². The molecule has 0 aliphatic heterocycles. The Labute approximate surface area is 186 Å². The summed E-state index contributed by atoms with van der Waals surface area (Å²) in [6, 6.07) is 13.6. The Morgan fingerprint density at radius 3 is 2.45 bits per heavy atom. The van der Waals surface area contributed by atoms with E-state index in [4.69, 9.17) is 4.74 Å². The lowest BCUT2D eigenvalue weighted by molar-refractivity contribution is -0.115. The smallest absolute Gasteiger partial charge is 0.237 e. The van der Waals surface area contributed by atoms with Crippen molar-refractivity contribution in [3.8, 4) is 5.75 Å². The number of hydrogen-bond donors (Lipinski definition) is 1. The lowest BCUT2D eigenvalue weighted by atomic mass is 10.2. The number of anilines is 1. The van der Waals surface area contributed by atoms with Gasteiger partial charge in [-0.2, -0.15) is 0 Å². The number of nitrogens with zero attached hydrogens (tertiary/aromatic N) is 3. The lowest BCUT2D eigenvalue weighted by Crippen LogP contribution is -2.23. The molecule has 3 aromatic rings. The highest BCUT2D eigenvalue weighted by atomic mass is 32.2. The minimum Gasteiger partial charge on any atom is -0.483 e. The second-order valence-electron chi connectivity index (χ2n) is 7.64. The zero-order valence-electron chi connectivity index (χ0n) is 18.3. The summed E-state index contributed by atoms with van der Waals surface area (Å²) in [5, 5.41) is 11.9. The van der Waals surface area contributed by atoms with Crippen molar-refractivity contribution in [2.45, 2.75) is 57.2 Å². The van der Waals surface area contributed by atoms with E-state index in [1.54, 1.807) is 12.1 Å².